The summed E-state index contributed by atoms with van der Waals surface area (Å²) in [5.74, 6) is -2.34. The first kappa shape index (κ1) is 17.2. The Kier molecular flexibility index (Phi) is 4.56. The van der Waals surface area contributed by atoms with Crippen molar-refractivity contribution in [3.05, 3.63) is 94.9 Å². The van der Waals surface area contributed by atoms with Gasteiger partial charge in [0.2, 0.25) is 0 Å². The van der Waals surface area contributed by atoms with Gasteiger partial charge in [-0.1, -0.05) is 30.3 Å². The van der Waals surface area contributed by atoms with Crippen LogP contribution in [0.15, 0.2) is 78.4 Å². The first-order valence-electron chi connectivity index (χ1n) is 8.20. The Morgan fingerprint density at radius 2 is 1.67 bits per heavy atom. The summed E-state index contributed by atoms with van der Waals surface area (Å²) in [5.41, 5.74) is 2.86. The molecule has 27 heavy (non-hydrogen) atoms. The molecule has 2 aromatic heterocycles. The Hall–Kier alpha value is -3.25. The summed E-state index contributed by atoms with van der Waals surface area (Å²) in [6, 6.07) is 16.8. The minimum atomic E-state index is -1.01. The molecular formula is C21H14F2N2OS. The standard InChI is InChI=1S/C21H14F2N2OS/c22-17-9-8-15(12-18(17)23)24-21(26)20-19(25-10-4-5-11-25)16(13-27-20)14-6-2-1-3-7-14/h1-13H,(H,24,26). The van der Waals surface area contributed by atoms with Crippen LogP contribution in [0.5, 0.6) is 0 Å². The highest BCUT2D eigenvalue weighted by atomic mass is 32.1. The highest BCUT2D eigenvalue weighted by Crippen LogP contribution is 2.35. The molecule has 4 rings (SSSR count). The van der Waals surface area contributed by atoms with Gasteiger partial charge in [-0.3, -0.25) is 4.79 Å². The number of thiophene rings is 1. The smallest absolute Gasteiger partial charge is 0.267 e. The number of rotatable bonds is 4. The number of hydrogen-bond acceptors (Lipinski definition) is 2. The van der Waals surface area contributed by atoms with E-state index in [2.05, 4.69) is 5.32 Å². The minimum Gasteiger partial charge on any atom is -0.322 e. The molecule has 134 valence electrons. The van der Waals surface area contributed by atoms with E-state index >= 15 is 0 Å². The zero-order valence-electron chi connectivity index (χ0n) is 14.0. The van der Waals surface area contributed by atoms with E-state index in [-0.39, 0.29) is 11.6 Å². The maximum atomic E-state index is 13.4. The third-order valence-electron chi connectivity index (χ3n) is 4.10. The lowest BCUT2D eigenvalue weighted by molar-refractivity contribution is 0.103. The summed E-state index contributed by atoms with van der Waals surface area (Å²) in [4.78, 5) is 13.3. The summed E-state index contributed by atoms with van der Waals surface area (Å²) in [7, 11) is 0. The number of aromatic nitrogens is 1. The maximum Gasteiger partial charge on any atom is 0.267 e. The number of benzene rings is 2. The number of carbonyl (C=O) groups excluding carboxylic acids is 1. The molecule has 0 bridgehead atoms. The van der Waals surface area contributed by atoms with E-state index in [0.717, 1.165) is 28.9 Å². The molecule has 2 aromatic carbocycles. The Bertz CT molecular complexity index is 1090. The van der Waals surface area contributed by atoms with Crippen molar-refractivity contribution >= 4 is 22.9 Å². The average molecular weight is 380 g/mol. The summed E-state index contributed by atoms with van der Waals surface area (Å²) in [6.07, 6.45) is 3.73. The third-order valence-corrected chi connectivity index (χ3v) is 5.06. The third kappa shape index (κ3) is 3.39. The van der Waals surface area contributed by atoms with Crippen LogP contribution in [0.2, 0.25) is 0 Å². The number of anilines is 1. The van der Waals surface area contributed by atoms with Gasteiger partial charge in [0, 0.05) is 35.1 Å². The average Bonchev–Trinajstić information content (AvgIpc) is 3.34. The lowest BCUT2D eigenvalue weighted by Gasteiger charge is -2.10. The van der Waals surface area contributed by atoms with Crippen molar-refractivity contribution in [1.29, 1.82) is 0 Å². The highest BCUT2D eigenvalue weighted by Gasteiger charge is 2.20. The minimum absolute atomic E-state index is 0.201. The molecule has 0 saturated carbocycles. The molecule has 0 aliphatic rings. The number of nitrogens with zero attached hydrogens (tertiary/aromatic N) is 1. The highest BCUT2D eigenvalue weighted by molar-refractivity contribution is 7.13. The zero-order valence-corrected chi connectivity index (χ0v) is 14.8. The number of hydrogen-bond donors (Lipinski definition) is 1. The molecule has 1 amide bonds. The van der Waals surface area contributed by atoms with Crippen LogP contribution in [0.25, 0.3) is 16.8 Å². The second-order valence-electron chi connectivity index (χ2n) is 5.87. The lowest BCUT2D eigenvalue weighted by atomic mass is 10.1. The van der Waals surface area contributed by atoms with Crippen LogP contribution in [-0.4, -0.2) is 10.5 Å². The van der Waals surface area contributed by atoms with E-state index in [1.165, 1.54) is 17.4 Å². The molecule has 0 unspecified atom stereocenters. The second-order valence-corrected chi connectivity index (χ2v) is 6.75. The molecule has 0 atom stereocenters. The summed E-state index contributed by atoms with van der Waals surface area (Å²) >= 11 is 1.30. The normalized spacial score (nSPS) is 10.7. The first-order chi connectivity index (χ1) is 13.1. The summed E-state index contributed by atoms with van der Waals surface area (Å²) in [5, 5.41) is 4.57. The van der Waals surface area contributed by atoms with Gasteiger partial charge < -0.3 is 9.88 Å². The fraction of sp³-hybridized carbons (Fsp3) is 0. The van der Waals surface area contributed by atoms with Crippen molar-refractivity contribution in [2.75, 3.05) is 5.32 Å². The molecule has 0 radical (unpaired) electrons. The Balaban J connectivity index is 1.75. The monoisotopic (exact) mass is 380 g/mol. The Morgan fingerprint density at radius 1 is 0.926 bits per heavy atom. The zero-order chi connectivity index (χ0) is 18.8. The summed E-state index contributed by atoms with van der Waals surface area (Å²) in [6.45, 7) is 0. The van der Waals surface area contributed by atoms with Crippen molar-refractivity contribution in [2.24, 2.45) is 0 Å². The van der Waals surface area contributed by atoms with Crippen LogP contribution in [0.1, 0.15) is 9.67 Å². The van der Waals surface area contributed by atoms with Crippen LogP contribution in [0, 0.1) is 11.6 Å². The fourth-order valence-electron chi connectivity index (χ4n) is 2.84. The Morgan fingerprint density at radius 3 is 2.37 bits per heavy atom. The van der Waals surface area contributed by atoms with E-state index in [4.69, 9.17) is 0 Å². The van der Waals surface area contributed by atoms with Crippen LogP contribution in [0.3, 0.4) is 0 Å². The van der Waals surface area contributed by atoms with Crippen LogP contribution < -0.4 is 5.32 Å². The quantitative estimate of drug-likeness (QED) is 0.482. The molecule has 4 aromatic rings. The molecular weight excluding hydrogens is 366 g/mol. The molecule has 2 heterocycles. The Labute approximate surface area is 158 Å². The SMILES string of the molecule is O=C(Nc1ccc(F)c(F)c1)c1scc(-c2ccccc2)c1-n1cccc1. The molecule has 0 aliphatic carbocycles. The molecule has 6 heteroatoms. The van der Waals surface area contributed by atoms with Crippen LogP contribution in [-0.2, 0) is 0 Å². The van der Waals surface area contributed by atoms with Crippen LogP contribution in [0.4, 0.5) is 14.5 Å². The lowest BCUT2D eigenvalue weighted by Crippen LogP contribution is -2.13. The molecule has 0 fully saturated rings. The van der Waals surface area contributed by atoms with E-state index in [1.807, 2.05) is 64.8 Å². The van der Waals surface area contributed by atoms with Gasteiger partial charge >= 0.3 is 0 Å². The molecule has 3 nitrogen and oxygen atoms in total. The molecule has 0 spiro atoms. The van der Waals surface area contributed by atoms with E-state index in [0.29, 0.717) is 4.88 Å². The predicted molar refractivity (Wildman–Crippen MR) is 103 cm³/mol. The molecule has 0 saturated heterocycles. The predicted octanol–water partition coefficient (Wildman–Crippen LogP) is 5.74. The largest absolute Gasteiger partial charge is 0.322 e. The van der Waals surface area contributed by atoms with Gasteiger partial charge in [0.15, 0.2) is 11.6 Å². The van der Waals surface area contributed by atoms with Crippen molar-refractivity contribution in [2.45, 2.75) is 0 Å². The number of halogens is 2. The van der Waals surface area contributed by atoms with Gasteiger partial charge in [0.25, 0.3) is 5.91 Å². The van der Waals surface area contributed by atoms with E-state index in [1.54, 1.807) is 0 Å². The second kappa shape index (κ2) is 7.17. The molecule has 1 N–H and O–H groups in total. The summed E-state index contributed by atoms with van der Waals surface area (Å²) < 4.78 is 28.4. The van der Waals surface area contributed by atoms with E-state index in [9.17, 15) is 13.6 Å². The van der Waals surface area contributed by atoms with Crippen molar-refractivity contribution in [1.82, 2.24) is 4.57 Å². The number of carbonyl (C=O) groups is 1. The van der Waals surface area contributed by atoms with Crippen molar-refractivity contribution in [3.8, 4) is 16.8 Å². The van der Waals surface area contributed by atoms with Gasteiger partial charge in [-0.2, -0.15) is 0 Å². The van der Waals surface area contributed by atoms with Gasteiger partial charge in [-0.05, 0) is 29.8 Å². The van der Waals surface area contributed by atoms with Crippen molar-refractivity contribution < 1.29 is 13.6 Å². The van der Waals surface area contributed by atoms with Gasteiger partial charge in [0.05, 0.1) is 5.69 Å². The van der Waals surface area contributed by atoms with Gasteiger partial charge in [-0.25, -0.2) is 8.78 Å². The van der Waals surface area contributed by atoms with Crippen LogP contribution >= 0.6 is 11.3 Å². The maximum absolute atomic E-state index is 13.4. The molecule has 0 aliphatic heterocycles. The number of amides is 1. The first-order valence-corrected chi connectivity index (χ1v) is 9.08. The van der Waals surface area contributed by atoms with E-state index < -0.39 is 11.6 Å². The van der Waals surface area contributed by atoms with Gasteiger partial charge in [-0.15, -0.1) is 11.3 Å². The topological polar surface area (TPSA) is 34.0 Å². The fourth-order valence-corrected chi connectivity index (χ4v) is 3.81. The van der Waals surface area contributed by atoms with Gasteiger partial charge in [0.1, 0.15) is 4.88 Å². The van der Waals surface area contributed by atoms with Crippen molar-refractivity contribution in [3.63, 3.8) is 0 Å². The number of nitrogens with one attached hydrogen (secondary N) is 1.